The molecule has 1 amide bonds. The summed E-state index contributed by atoms with van der Waals surface area (Å²) in [5.74, 6) is -0.522. The van der Waals surface area contributed by atoms with Crippen LogP contribution in [0.3, 0.4) is 0 Å². The number of unbranched alkanes of at least 4 members (excludes halogenated alkanes) is 3. The summed E-state index contributed by atoms with van der Waals surface area (Å²) in [6.07, 6.45) is 3.60. The molecule has 0 aromatic rings. The molecule has 0 radical (unpaired) electrons. The lowest BCUT2D eigenvalue weighted by atomic mass is 10.0. The number of methoxy groups -OCH3 is 1. The highest BCUT2D eigenvalue weighted by molar-refractivity contribution is 5.74. The van der Waals surface area contributed by atoms with E-state index in [-0.39, 0.29) is 19.4 Å². The third kappa shape index (κ3) is 4.33. The average Bonchev–Trinajstić information content (AvgIpc) is 3.18. The van der Waals surface area contributed by atoms with Crippen molar-refractivity contribution in [3.63, 3.8) is 0 Å². The minimum Gasteiger partial charge on any atom is -0.469 e. The summed E-state index contributed by atoms with van der Waals surface area (Å²) in [6, 6.07) is -0.516. The van der Waals surface area contributed by atoms with Crippen molar-refractivity contribution in [2.45, 2.75) is 70.5 Å². The predicted molar refractivity (Wildman–Crippen MR) is 82.4 cm³/mol. The van der Waals surface area contributed by atoms with Gasteiger partial charge in [-0.05, 0) is 13.3 Å². The second kappa shape index (κ2) is 8.69. The monoisotopic (exact) mass is 330 g/mol. The molecular weight excluding hydrogens is 304 g/mol. The zero-order chi connectivity index (χ0) is 17.5. The number of hydrogen-bond acceptors (Lipinski definition) is 6. The van der Waals surface area contributed by atoms with Crippen molar-refractivity contribution in [1.82, 2.24) is 4.90 Å². The fourth-order valence-corrected chi connectivity index (χ4v) is 2.96. The van der Waals surface area contributed by atoms with E-state index in [9.17, 15) is 19.7 Å². The first-order valence-corrected chi connectivity index (χ1v) is 8.13. The van der Waals surface area contributed by atoms with Crippen LogP contribution in [0.15, 0.2) is 0 Å². The lowest BCUT2D eigenvalue weighted by Crippen LogP contribution is -2.33. The van der Waals surface area contributed by atoms with Crippen LogP contribution < -0.4 is 0 Å². The Bertz CT molecular complexity index is 442. The quantitative estimate of drug-likeness (QED) is 0.201. The molecule has 1 heterocycles. The summed E-state index contributed by atoms with van der Waals surface area (Å²) in [4.78, 5) is 35.7. The smallest absolute Gasteiger partial charge is 0.415 e. The lowest BCUT2D eigenvalue weighted by molar-refractivity contribution is -0.551. The normalized spacial score (nSPS) is 22.6. The molecule has 0 N–H and O–H groups in total. The number of carbonyl (C=O) groups is 2. The van der Waals surface area contributed by atoms with Crippen molar-refractivity contribution < 1.29 is 24.0 Å². The third-order valence-corrected chi connectivity index (χ3v) is 4.23. The molecule has 0 spiro atoms. The first-order chi connectivity index (χ1) is 10.9. The summed E-state index contributed by atoms with van der Waals surface area (Å²) in [5, 5.41) is 11.6. The van der Waals surface area contributed by atoms with Crippen LogP contribution in [0.5, 0.6) is 0 Å². The summed E-state index contributed by atoms with van der Waals surface area (Å²) < 4.78 is 9.48. The van der Waals surface area contributed by atoms with Crippen molar-refractivity contribution in [3.05, 3.63) is 10.1 Å². The maximum absolute atomic E-state index is 12.0. The van der Waals surface area contributed by atoms with Gasteiger partial charge in [0.25, 0.3) is 0 Å². The minimum absolute atomic E-state index is 0.0517. The fourth-order valence-electron chi connectivity index (χ4n) is 2.96. The highest BCUT2D eigenvalue weighted by atomic mass is 16.6. The Morgan fingerprint density at radius 2 is 1.96 bits per heavy atom. The third-order valence-electron chi connectivity index (χ3n) is 4.23. The number of ether oxygens (including phenoxy) is 2. The molecule has 0 aromatic carbocycles. The van der Waals surface area contributed by atoms with Crippen LogP contribution in [0.1, 0.15) is 58.8 Å². The van der Waals surface area contributed by atoms with Crippen LogP contribution in [-0.4, -0.2) is 47.3 Å². The van der Waals surface area contributed by atoms with Crippen molar-refractivity contribution in [2.24, 2.45) is 0 Å². The molecule has 1 rings (SSSR count). The number of rotatable bonds is 10. The molecule has 8 heteroatoms. The maximum atomic E-state index is 12.0. The zero-order valence-electron chi connectivity index (χ0n) is 14.1. The summed E-state index contributed by atoms with van der Waals surface area (Å²) >= 11 is 0. The van der Waals surface area contributed by atoms with Gasteiger partial charge >= 0.3 is 17.7 Å². The molecule has 1 aliphatic rings. The summed E-state index contributed by atoms with van der Waals surface area (Å²) in [5.41, 5.74) is -1.54. The molecule has 2 atom stereocenters. The van der Waals surface area contributed by atoms with Crippen molar-refractivity contribution in [2.75, 3.05) is 13.7 Å². The SMILES string of the molecule is CCCCCC[C@@H]1N(C(=O)OCC)[C@]1(CCC(=O)OC)[N+](=O)[O-]. The van der Waals surface area contributed by atoms with Gasteiger partial charge < -0.3 is 9.47 Å². The molecule has 1 fully saturated rings. The summed E-state index contributed by atoms with van der Waals surface area (Å²) in [7, 11) is 1.24. The van der Waals surface area contributed by atoms with Crippen LogP contribution in [0, 0.1) is 10.1 Å². The first-order valence-electron chi connectivity index (χ1n) is 8.13. The standard InChI is InChI=1S/C15H26N2O6/c1-4-6-7-8-9-12-15(17(20)21,11-10-13(18)22-3)16(12)14(19)23-5-2/h12H,4-11H2,1-3H3/t12-,15+,16?/m0/s1. The Morgan fingerprint density at radius 1 is 1.26 bits per heavy atom. The molecule has 0 aliphatic carbocycles. The van der Waals surface area contributed by atoms with E-state index in [0.717, 1.165) is 25.7 Å². The number of carbonyl (C=O) groups excluding carboxylic acids is 2. The van der Waals surface area contributed by atoms with Crippen molar-refractivity contribution in [1.29, 1.82) is 0 Å². The van der Waals surface area contributed by atoms with Crippen LogP contribution in [0.25, 0.3) is 0 Å². The van der Waals surface area contributed by atoms with Gasteiger partial charge in [-0.1, -0.05) is 32.6 Å². The van der Waals surface area contributed by atoms with E-state index < -0.39 is 28.7 Å². The van der Waals surface area contributed by atoms with Gasteiger partial charge in [0.2, 0.25) is 0 Å². The highest BCUT2D eigenvalue weighted by Gasteiger charge is 2.76. The Kier molecular flexibility index (Phi) is 7.25. The largest absolute Gasteiger partial charge is 0.469 e. The van der Waals surface area contributed by atoms with Crippen molar-refractivity contribution >= 4 is 12.1 Å². The zero-order valence-corrected chi connectivity index (χ0v) is 14.1. The highest BCUT2D eigenvalue weighted by Crippen LogP contribution is 2.48. The van der Waals surface area contributed by atoms with E-state index in [4.69, 9.17) is 4.74 Å². The molecule has 23 heavy (non-hydrogen) atoms. The fraction of sp³-hybridized carbons (Fsp3) is 0.867. The molecule has 1 aliphatic heterocycles. The Labute approximate surface area is 136 Å². The second-order valence-electron chi connectivity index (χ2n) is 5.65. The van der Waals surface area contributed by atoms with Gasteiger partial charge in [-0.15, -0.1) is 0 Å². The van der Waals surface area contributed by atoms with Crippen molar-refractivity contribution in [3.8, 4) is 0 Å². The Morgan fingerprint density at radius 3 is 2.48 bits per heavy atom. The van der Waals surface area contributed by atoms with Crippen LogP contribution in [-0.2, 0) is 14.3 Å². The number of hydrogen-bond donors (Lipinski definition) is 0. The minimum atomic E-state index is -1.54. The molecule has 0 saturated carbocycles. The van der Waals surface area contributed by atoms with E-state index in [1.807, 2.05) is 0 Å². The molecule has 1 saturated heterocycles. The van der Waals surface area contributed by atoms with E-state index in [0.29, 0.717) is 6.42 Å². The van der Waals surface area contributed by atoms with Gasteiger partial charge in [0.15, 0.2) is 0 Å². The molecule has 0 unspecified atom stereocenters. The van der Waals surface area contributed by atoms with Crippen LogP contribution in [0.4, 0.5) is 4.79 Å². The van der Waals surface area contributed by atoms with Gasteiger partial charge in [-0.3, -0.25) is 14.9 Å². The van der Waals surface area contributed by atoms with E-state index in [1.165, 1.54) is 12.0 Å². The lowest BCUT2D eigenvalue weighted by Gasteiger charge is -2.09. The second-order valence-corrected chi connectivity index (χ2v) is 5.65. The van der Waals surface area contributed by atoms with Gasteiger partial charge in [0, 0.05) is 0 Å². The van der Waals surface area contributed by atoms with Crippen LogP contribution in [0.2, 0.25) is 0 Å². The van der Waals surface area contributed by atoms with E-state index in [1.54, 1.807) is 6.92 Å². The Balaban J connectivity index is 2.81. The average molecular weight is 330 g/mol. The maximum Gasteiger partial charge on any atom is 0.415 e. The molecule has 0 aromatic heterocycles. The number of esters is 1. The van der Waals surface area contributed by atoms with E-state index in [2.05, 4.69) is 11.7 Å². The van der Waals surface area contributed by atoms with Crippen LogP contribution >= 0.6 is 0 Å². The number of nitrogens with zero attached hydrogens (tertiary/aromatic N) is 2. The molecule has 132 valence electrons. The van der Waals surface area contributed by atoms with Gasteiger partial charge in [-0.25, -0.2) is 9.69 Å². The van der Waals surface area contributed by atoms with E-state index >= 15 is 0 Å². The molecule has 8 nitrogen and oxygen atoms in total. The predicted octanol–water partition coefficient (Wildman–Crippen LogP) is 2.72. The molecule has 0 bridgehead atoms. The van der Waals surface area contributed by atoms with Gasteiger partial charge in [0.05, 0.1) is 31.5 Å². The molecular formula is C15H26N2O6. The Hall–Kier alpha value is -1.86. The van der Waals surface area contributed by atoms with Gasteiger partial charge in [-0.2, -0.15) is 0 Å². The number of nitro groups is 1. The summed E-state index contributed by atoms with van der Waals surface area (Å²) in [6.45, 7) is 3.89. The first kappa shape index (κ1) is 19.2. The topological polar surface area (TPSA) is 98.8 Å². The number of amides is 1. The van der Waals surface area contributed by atoms with Gasteiger partial charge in [0.1, 0.15) is 6.04 Å².